The molecule has 14 heavy (non-hydrogen) atoms. The number of aryl methyl sites for hydroxylation is 1. The molecule has 0 amide bonds. The summed E-state index contributed by atoms with van der Waals surface area (Å²) in [4.78, 5) is 10.6. The van der Waals surface area contributed by atoms with Crippen molar-refractivity contribution in [2.24, 2.45) is 0 Å². The Kier molecular flexibility index (Phi) is 3.75. The zero-order valence-electron chi connectivity index (χ0n) is 7.79. The molecule has 0 saturated heterocycles. The summed E-state index contributed by atoms with van der Waals surface area (Å²) in [5, 5.41) is 8.74. The van der Waals surface area contributed by atoms with Crippen LogP contribution in [-0.2, 0) is 6.42 Å². The van der Waals surface area contributed by atoms with E-state index in [-0.39, 0.29) is 0 Å². The van der Waals surface area contributed by atoms with Crippen molar-refractivity contribution in [2.45, 2.75) is 19.3 Å². The Morgan fingerprint density at radius 3 is 2.93 bits per heavy atom. The second-order valence-corrected chi connectivity index (χ2v) is 3.04. The molecular formula is C12H11O2. The lowest BCUT2D eigenvalue weighted by molar-refractivity contribution is 0.0697. The average molecular weight is 187 g/mol. The molecule has 2 heteroatoms. The van der Waals surface area contributed by atoms with Crippen molar-refractivity contribution in [3.63, 3.8) is 0 Å². The lowest BCUT2D eigenvalue weighted by Crippen LogP contribution is -1.97. The van der Waals surface area contributed by atoms with Crippen molar-refractivity contribution < 1.29 is 9.90 Å². The SMILES string of the molecule is [C]#CCCCc1cccc(C(=O)O)c1. The van der Waals surface area contributed by atoms with Crippen molar-refractivity contribution >= 4 is 5.97 Å². The monoisotopic (exact) mass is 187 g/mol. The maximum Gasteiger partial charge on any atom is 0.335 e. The fourth-order valence-corrected chi connectivity index (χ4v) is 1.24. The van der Waals surface area contributed by atoms with Gasteiger partial charge in [0.25, 0.3) is 0 Å². The topological polar surface area (TPSA) is 37.3 Å². The van der Waals surface area contributed by atoms with Gasteiger partial charge in [0.2, 0.25) is 0 Å². The summed E-state index contributed by atoms with van der Waals surface area (Å²) >= 11 is 0. The second kappa shape index (κ2) is 5.08. The fourth-order valence-electron chi connectivity index (χ4n) is 1.24. The number of hydrogen-bond donors (Lipinski definition) is 1. The Labute approximate surface area is 83.6 Å². The van der Waals surface area contributed by atoms with E-state index in [1.165, 1.54) is 0 Å². The maximum absolute atomic E-state index is 10.6. The van der Waals surface area contributed by atoms with Crippen LogP contribution in [0.4, 0.5) is 0 Å². The zero-order valence-corrected chi connectivity index (χ0v) is 7.79. The molecule has 0 aliphatic carbocycles. The highest BCUT2D eigenvalue weighted by Crippen LogP contribution is 2.08. The number of rotatable bonds is 4. The minimum absolute atomic E-state index is 0.321. The third kappa shape index (κ3) is 2.95. The van der Waals surface area contributed by atoms with Crippen LogP contribution in [0.2, 0.25) is 0 Å². The molecule has 1 rings (SSSR count). The van der Waals surface area contributed by atoms with Gasteiger partial charge in [-0.05, 0) is 37.0 Å². The van der Waals surface area contributed by atoms with Crippen LogP contribution in [0, 0.1) is 12.3 Å². The molecule has 2 nitrogen and oxygen atoms in total. The number of carbonyl (C=O) groups is 1. The molecule has 0 aliphatic heterocycles. The van der Waals surface area contributed by atoms with Crippen LogP contribution in [-0.4, -0.2) is 11.1 Å². The van der Waals surface area contributed by atoms with Gasteiger partial charge < -0.3 is 5.11 Å². The minimum atomic E-state index is -0.898. The van der Waals surface area contributed by atoms with Gasteiger partial charge in [0.15, 0.2) is 0 Å². The molecule has 0 atom stereocenters. The smallest absolute Gasteiger partial charge is 0.335 e. The third-order valence-electron chi connectivity index (χ3n) is 1.94. The van der Waals surface area contributed by atoms with Crippen LogP contribution in [0.1, 0.15) is 28.8 Å². The van der Waals surface area contributed by atoms with E-state index in [4.69, 9.17) is 11.5 Å². The van der Waals surface area contributed by atoms with E-state index in [0.29, 0.717) is 12.0 Å². The Hall–Kier alpha value is -1.75. The first kappa shape index (κ1) is 10.3. The van der Waals surface area contributed by atoms with Crippen molar-refractivity contribution in [3.8, 4) is 5.92 Å². The van der Waals surface area contributed by atoms with E-state index < -0.39 is 5.97 Å². The van der Waals surface area contributed by atoms with E-state index >= 15 is 0 Å². The van der Waals surface area contributed by atoms with Crippen molar-refractivity contribution in [2.75, 3.05) is 0 Å². The van der Waals surface area contributed by atoms with E-state index in [1.807, 2.05) is 6.07 Å². The Balaban J connectivity index is 2.65. The normalized spacial score (nSPS) is 9.36. The van der Waals surface area contributed by atoms with Gasteiger partial charge in [-0.1, -0.05) is 18.1 Å². The van der Waals surface area contributed by atoms with Crippen LogP contribution in [0.15, 0.2) is 24.3 Å². The summed E-state index contributed by atoms with van der Waals surface area (Å²) in [6.45, 7) is 0. The number of carboxylic acid groups (broad SMARTS) is 1. The number of aromatic carboxylic acids is 1. The van der Waals surface area contributed by atoms with Crippen molar-refractivity contribution in [3.05, 3.63) is 41.8 Å². The quantitative estimate of drug-likeness (QED) is 0.580. The summed E-state index contributed by atoms with van der Waals surface area (Å²) in [5.41, 5.74) is 1.32. The molecule has 1 aromatic carbocycles. The van der Waals surface area contributed by atoms with Crippen LogP contribution in [0.5, 0.6) is 0 Å². The predicted octanol–water partition coefficient (Wildman–Crippen LogP) is 2.30. The van der Waals surface area contributed by atoms with Gasteiger partial charge in [-0.3, -0.25) is 0 Å². The molecule has 71 valence electrons. The van der Waals surface area contributed by atoms with Gasteiger partial charge in [0, 0.05) is 6.42 Å². The Morgan fingerprint density at radius 2 is 2.29 bits per heavy atom. The van der Waals surface area contributed by atoms with Crippen LogP contribution in [0.3, 0.4) is 0 Å². The maximum atomic E-state index is 10.6. The number of carboxylic acids is 1. The lowest BCUT2D eigenvalue weighted by Gasteiger charge is -2.00. The van der Waals surface area contributed by atoms with Gasteiger partial charge in [-0.2, -0.15) is 0 Å². The lowest BCUT2D eigenvalue weighted by atomic mass is 10.1. The summed E-state index contributed by atoms with van der Waals surface area (Å²) in [6.07, 6.45) is 9.00. The molecule has 0 heterocycles. The minimum Gasteiger partial charge on any atom is -0.478 e. The van der Waals surface area contributed by atoms with E-state index in [9.17, 15) is 4.79 Å². The van der Waals surface area contributed by atoms with Crippen LogP contribution >= 0.6 is 0 Å². The highest BCUT2D eigenvalue weighted by atomic mass is 16.4. The first-order chi connectivity index (χ1) is 6.74. The molecule has 0 aromatic heterocycles. The molecule has 0 aliphatic rings. The van der Waals surface area contributed by atoms with Gasteiger partial charge in [-0.25, -0.2) is 4.79 Å². The van der Waals surface area contributed by atoms with Gasteiger partial charge >= 0.3 is 5.97 Å². The predicted molar refractivity (Wildman–Crippen MR) is 53.5 cm³/mol. The number of unbranched alkanes of at least 4 members (excludes halogenated alkanes) is 1. The summed E-state index contributed by atoms with van der Waals surface area (Å²) in [5.74, 6) is 1.41. The van der Waals surface area contributed by atoms with E-state index in [0.717, 1.165) is 18.4 Å². The summed E-state index contributed by atoms with van der Waals surface area (Å²) < 4.78 is 0. The Morgan fingerprint density at radius 1 is 1.50 bits per heavy atom. The molecule has 0 bridgehead atoms. The molecule has 1 N–H and O–H groups in total. The van der Waals surface area contributed by atoms with E-state index in [2.05, 4.69) is 5.92 Å². The zero-order chi connectivity index (χ0) is 10.4. The molecule has 0 fully saturated rings. The highest BCUT2D eigenvalue weighted by molar-refractivity contribution is 5.87. The highest BCUT2D eigenvalue weighted by Gasteiger charge is 2.02. The number of hydrogen-bond acceptors (Lipinski definition) is 1. The second-order valence-electron chi connectivity index (χ2n) is 3.04. The average Bonchev–Trinajstić information content (AvgIpc) is 2.19. The van der Waals surface area contributed by atoms with Gasteiger partial charge in [0.1, 0.15) is 0 Å². The third-order valence-corrected chi connectivity index (χ3v) is 1.94. The van der Waals surface area contributed by atoms with Gasteiger partial charge in [0.05, 0.1) is 5.56 Å². The first-order valence-corrected chi connectivity index (χ1v) is 4.46. The first-order valence-electron chi connectivity index (χ1n) is 4.46. The van der Waals surface area contributed by atoms with Crippen LogP contribution < -0.4 is 0 Å². The summed E-state index contributed by atoms with van der Waals surface area (Å²) in [6, 6.07) is 6.89. The standard InChI is InChI=1S/C12H11O2/c1-2-3-4-6-10-7-5-8-11(9-10)12(13)14/h5,7-9H,3-4,6H2,(H,13,14). The molecule has 0 saturated carbocycles. The number of benzene rings is 1. The molecule has 1 aromatic rings. The van der Waals surface area contributed by atoms with Crippen LogP contribution in [0.25, 0.3) is 0 Å². The van der Waals surface area contributed by atoms with Crippen molar-refractivity contribution in [1.82, 2.24) is 0 Å². The summed E-state index contributed by atoms with van der Waals surface area (Å²) in [7, 11) is 0. The fraction of sp³-hybridized carbons (Fsp3) is 0.250. The molecule has 1 radical (unpaired) electrons. The van der Waals surface area contributed by atoms with Crippen molar-refractivity contribution in [1.29, 1.82) is 0 Å². The molecule has 0 spiro atoms. The molecular weight excluding hydrogens is 176 g/mol. The Bertz CT molecular complexity index is 361. The van der Waals surface area contributed by atoms with E-state index in [1.54, 1.807) is 18.2 Å². The largest absolute Gasteiger partial charge is 0.478 e. The molecule has 0 unspecified atom stereocenters. The van der Waals surface area contributed by atoms with Gasteiger partial charge in [-0.15, -0.1) is 0 Å².